The fourth-order valence-electron chi connectivity index (χ4n) is 5.43. The molecule has 2 aromatic carbocycles. The highest BCUT2D eigenvalue weighted by Gasteiger charge is 2.27. The van der Waals surface area contributed by atoms with E-state index in [4.69, 9.17) is 0 Å². The Morgan fingerprint density at radius 3 is 2.65 bits per heavy atom. The summed E-state index contributed by atoms with van der Waals surface area (Å²) in [6.45, 7) is 6.73. The van der Waals surface area contributed by atoms with E-state index in [-0.39, 0.29) is 17.5 Å². The van der Waals surface area contributed by atoms with Gasteiger partial charge in [-0.1, -0.05) is 24.3 Å². The van der Waals surface area contributed by atoms with E-state index in [9.17, 15) is 9.59 Å². The van der Waals surface area contributed by atoms with Gasteiger partial charge in [-0.05, 0) is 73.5 Å². The summed E-state index contributed by atoms with van der Waals surface area (Å²) in [5.41, 5.74) is 5.96. The van der Waals surface area contributed by atoms with Crippen LogP contribution >= 0.6 is 0 Å². The second-order valence-electron chi connectivity index (χ2n) is 9.83. The number of aryl methyl sites for hydroxylation is 1. The number of amides is 1. The van der Waals surface area contributed by atoms with Gasteiger partial charge in [-0.2, -0.15) is 0 Å². The van der Waals surface area contributed by atoms with E-state index < -0.39 is 0 Å². The smallest absolute Gasteiger partial charge is 0.276 e. The minimum Gasteiger partial charge on any atom is -0.365 e. The van der Waals surface area contributed by atoms with E-state index in [0.717, 1.165) is 17.6 Å². The molecule has 0 unspecified atom stereocenters. The molecule has 0 bridgehead atoms. The molecule has 1 aliphatic rings. The molecule has 7 heteroatoms. The Morgan fingerprint density at radius 2 is 1.81 bits per heavy atom. The maximum absolute atomic E-state index is 13.5. The predicted octanol–water partition coefficient (Wildman–Crippen LogP) is 4.36. The molecule has 1 fully saturated rings. The molecule has 186 valence electrons. The van der Waals surface area contributed by atoms with Crippen molar-refractivity contribution in [2.75, 3.05) is 24.5 Å². The van der Waals surface area contributed by atoms with Crippen LogP contribution < -0.4 is 10.5 Å². The second kappa shape index (κ2) is 9.24. The molecule has 1 aliphatic heterocycles. The lowest BCUT2D eigenvalue weighted by Gasteiger charge is -2.41. The van der Waals surface area contributed by atoms with Crippen molar-refractivity contribution in [2.45, 2.75) is 26.4 Å². The van der Waals surface area contributed by atoms with Crippen molar-refractivity contribution in [3.05, 3.63) is 112 Å². The Hall–Kier alpha value is -4.39. The number of aromatic nitrogens is 3. The fourth-order valence-corrected chi connectivity index (χ4v) is 5.43. The average molecular weight is 492 g/mol. The van der Waals surface area contributed by atoms with Crippen LogP contribution in [0.2, 0.25) is 0 Å². The molecule has 5 aromatic rings. The number of hydrogen-bond donors (Lipinski definition) is 0. The minimum absolute atomic E-state index is 0.0231. The monoisotopic (exact) mass is 491 g/mol. The molecule has 0 spiro atoms. The highest BCUT2D eigenvalue weighted by Crippen LogP contribution is 2.23. The number of fused-ring (bicyclic) bond motifs is 3. The number of carbonyl (C=O) groups excluding carboxylic acids is 1. The zero-order valence-corrected chi connectivity index (χ0v) is 21.0. The molecule has 0 aliphatic carbocycles. The number of anilines is 1. The fraction of sp³-hybridized carbons (Fsp3) is 0.233. The lowest BCUT2D eigenvalue weighted by molar-refractivity contribution is 0.0726. The predicted molar refractivity (Wildman–Crippen MR) is 146 cm³/mol. The van der Waals surface area contributed by atoms with E-state index in [1.54, 1.807) is 10.8 Å². The van der Waals surface area contributed by atoms with E-state index in [0.29, 0.717) is 36.4 Å². The number of carbonyl (C=O) groups is 1. The number of nitrogens with zero attached hydrogens (tertiary/aromatic N) is 5. The highest BCUT2D eigenvalue weighted by molar-refractivity contribution is 5.94. The molecule has 1 amide bonds. The van der Waals surface area contributed by atoms with Gasteiger partial charge in [-0.3, -0.25) is 14.2 Å². The quantitative estimate of drug-likeness (QED) is 0.375. The normalized spacial score (nSPS) is 16.0. The summed E-state index contributed by atoms with van der Waals surface area (Å²) in [6, 6.07) is 23.9. The van der Waals surface area contributed by atoms with Gasteiger partial charge in [0.05, 0.1) is 12.1 Å². The topological polar surface area (TPSA) is 62.8 Å². The largest absolute Gasteiger partial charge is 0.365 e. The van der Waals surface area contributed by atoms with Gasteiger partial charge in [-0.15, -0.1) is 0 Å². The molecule has 1 saturated heterocycles. The van der Waals surface area contributed by atoms with Crippen LogP contribution in [-0.2, 0) is 6.54 Å². The van der Waals surface area contributed by atoms with Gasteiger partial charge >= 0.3 is 0 Å². The lowest BCUT2D eigenvalue weighted by atomic mass is 10.1. The molecule has 4 heterocycles. The van der Waals surface area contributed by atoms with Crippen LogP contribution in [0.3, 0.4) is 0 Å². The Labute approximate surface area is 215 Å². The molecular weight excluding hydrogens is 462 g/mol. The van der Waals surface area contributed by atoms with Crippen molar-refractivity contribution in [3.63, 3.8) is 0 Å². The highest BCUT2D eigenvalue weighted by atomic mass is 16.2. The lowest BCUT2D eigenvalue weighted by Crippen LogP contribution is -2.53. The van der Waals surface area contributed by atoms with Gasteiger partial charge in [-0.25, -0.2) is 4.98 Å². The molecule has 1 atom stereocenters. The third-order valence-electron chi connectivity index (χ3n) is 7.26. The summed E-state index contributed by atoms with van der Waals surface area (Å²) in [5, 5.41) is 0. The molecule has 0 N–H and O–H groups in total. The standard InChI is InChI=1S/C30H29N5O2/c1-21-7-3-10-25(17-21)33-16-15-32(19-22(33)2)29(36)24-9-4-8-23(18-24)20-35-28-26(11-5-13-31-28)34-14-6-12-27(34)30(35)37/h3-14,17-18,22H,15-16,19-20H2,1-2H3/t22-/m0/s1. The zero-order chi connectivity index (χ0) is 25.5. The van der Waals surface area contributed by atoms with Crippen LogP contribution in [0.25, 0.3) is 16.7 Å². The molecular formula is C30H29N5O2. The summed E-state index contributed by atoms with van der Waals surface area (Å²) < 4.78 is 3.57. The first-order chi connectivity index (χ1) is 18.0. The average Bonchev–Trinajstić information content (AvgIpc) is 3.41. The first-order valence-corrected chi connectivity index (χ1v) is 12.7. The number of rotatable bonds is 4. The maximum Gasteiger partial charge on any atom is 0.276 e. The number of piperazine rings is 1. The second-order valence-corrected chi connectivity index (χ2v) is 9.83. The summed E-state index contributed by atoms with van der Waals surface area (Å²) in [5.74, 6) is 0.0231. The summed E-state index contributed by atoms with van der Waals surface area (Å²) >= 11 is 0. The van der Waals surface area contributed by atoms with E-state index in [1.807, 2.05) is 64.0 Å². The summed E-state index contributed by atoms with van der Waals surface area (Å²) in [6.07, 6.45) is 3.58. The van der Waals surface area contributed by atoms with Crippen LogP contribution in [0.5, 0.6) is 0 Å². The van der Waals surface area contributed by atoms with E-state index in [2.05, 4.69) is 48.0 Å². The third kappa shape index (κ3) is 4.16. The van der Waals surface area contributed by atoms with Gasteiger partial charge in [0.15, 0.2) is 5.65 Å². The summed E-state index contributed by atoms with van der Waals surface area (Å²) in [7, 11) is 0. The van der Waals surface area contributed by atoms with Gasteiger partial charge in [0.1, 0.15) is 5.52 Å². The van der Waals surface area contributed by atoms with Crippen molar-refractivity contribution in [1.29, 1.82) is 0 Å². The maximum atomic E-state index is 13.5. The minimum atomic E-state index is -0.103. The Kier molecular flexibility index (Phi) is 5.75. The van der Waals surface area contributed by atoms with E-state index in [1.165, 1.54) is 11.3 Å². The number of benzene rings is 2. The molecule has 0 saturated carbocycles. The van der Waals surface area contributed by atoms with E-state index >= 15 is 0 Å². The van der Waals surface area contributed by atoms with Crippen LogP contribution in [0.4, 0.5) is 5.69 Å². The number of pyridine rings is 1. The van der Waals surface area contributed by atoms with Crippen molar-refractivity contribution in [3.8, 4) is 0 Å². The molecule has 37 heavy (non-hydrogen) atoms. The Morgan fingerprint density at radius 1 is 0.973 bits per heavy atom. The zero-order valence-electron chi connectivity index (χ0n) is 21.0. The molecule has 7 nitrogen and oxygen atoms in total. The van der Waals surface area contributed by atoms with Gasteiger partial charge in [0.2, 0.25) is 0 Å². The van der Waals surface area contributed by atoms with Crippen molar-refractivity contribution >= 4 is 28.3 Å². The van der Waals surface area contributed by atoms with Crippen molar-refractivity contribution < 1.29 is 4.79 Å². The molecule has 6 rings (SSSR count). The van der Waals surface area contributed by atoms with Crippen molar-refractivity contribution in [1.82, 2.24) is 18.9 Å². The molecule has 3 aromatic heterocycles. The first kappa shape index (κ1) is 23.0. The van der Waals surface area contributed by atoms with Crippen LogP contribution in [0, 0.1) is 6.92 Å². The van der Waals surface area contributed by atoms with Crippen LogP contribution in [0.1, 0.15) is 28.4 Å². The van der Waals surface area contributed by atoms with Crippen molar-refractivity contribution in [2.24, 2.45) is 0 Å². The Balaban J connectivity index is 1.25. The third-order valence-corrected chi connectivity index (χ3v) is 7.26. The van der Waals surface area contributed by atoms with Crippen LogP contribution in [0.15, 0.2) is 90.0 Å². The Bertz CT molecular complexity index is 1680. The summed E-state index contributed by atoms with van der Waals surface area (Å²) in [4.78, 5) is 35.6. The SMILES string of the molecule is Cc1cccc(N2CCN(C(=O)c3cccc(Cn4c(=O)c5cccn5c5cccnc54)c3)C[C@@H]2C)c1. The van der Waals surface area contributed by atoms with Gasteiger partial charge in [0, 0.05) is 49.3 Å². The van der Waals surface area contributed by atoms with Gasteiger partial charge in [0.25, 0.3) is 11.5 Å². The van der Waals surface area contributed by atoms with Crippen LogP contribution in [-0.4, -0.2) is 50.4 Å². The van der Waals surface area contributed by atoms with Gasteiger partial charge < -0.3 is 14.2 Å². The molecule has 0 radical (unpaired) electrons. The first-order valence-electron chi connectivity index (χ1n) is 12.7. The number of hydrogen-bond acceptors (Lipinski definition) is 4.